The predicted octanol–water partition coefficient (Wildman–Crippen LogP) is 3.66. The molecule has 0 radical (unpaired) electrons. The van der Waals surface area contributed by atoms with E-state index in [0.29, 0.717) is 35.1 Å². The van der Waals surface area contributed by atoms with Crippen LogP contribution in [0.25, 0.3) is 16.6 Å². The third-order valence-corrected chi connectivity index (χ3v) is 5.73. The molecular formula is C22H24ClN5O3. The number of rotatable bonds is 4. The van der Waals surface area contributed by atoms with Crippen molar-refractivity contribution >= 4 is 40.1 Å². The molecule has 0 bridgehead atoms. The van der Waals surface area contributed by atoms with Gasteiger partial charge in [0, 0.05) is 49.3 Å². The van der Waals surface area contributed by atoms with Crippen LogP contribution in [0, 0.1) is 0 Å². The first-order valence-electron chi connectivity index (χ1n) is 10.1. The number of carbonyl (C=O) groups is 1. The van der Waals surface area contributed by atoms with Crippen molar-refractivity contribution < 1.29 is 9.90 Å². The summed E-state index contributed by atoms with van der Waals surface area (Å²) in [5, 5.41) is 14.0. The third-order valence-electron chi connectivity index (χ3n) is 5.50. The number of halogens is 1. The molecule has 9 heteroatoms. The molecule has 0 saturated carbocycles. The second kappa shape index (κ2) is 8.47. The Labute approximate surface area is 184 Å². The summed E-state index contributed by atoms with van der Waals surface area (Å²) in [5.74, 6) is 0.590. The molecule has 1 aliphatic rings. The topological polar surface area (TPSA) is 90.7 Å². The van der Waals surface area contributed by atoms with Crippen LogP contribution in [0.3, 0.4) is 0 Å². The van der Waals surface area contributed by atoms with Crippen molar-refractivity contribution in [2.75, 3.05) is 37.4 Å². The Morgan fingerprint density at radius 1 is 1.19 bits per heavy atom. The first-order chi connectivity index (χ1) is 14.8. The van der Waals surface area contributed by atoms with Gasteiger partial charge in [-0.05, 0) is 49.2 Å². The van der Waals surface area contributed by atoms with E-state index in [1.165, 1.54) is 4.90 Å². The predicted molar refractivity (Wildman–Crippen MR) is 123 cm³/mol. The van der Waals surface area contributed by atoms with E-state index in [-0.39, 0.29) is 11.7 Å². The number of benzene rings is 2. The number of nitrogens with one attached hydrogen (secondary N) is 1. The van der Waals surface area contributed by atoms with Gasteiger partial charge in [0.05, 0.1) is 11.2 Å². The average Bonchev–Trinajstić information content (AvgIpc) is 2.73. The lowest BCUT2D eigenvalue weighted by molar-refractivity contribution is 0.134. The monoisotopic (exact) mass is 441 g/mol. The summed E-state index contributed by atoms with van der Waals surface area (Å²) in [6.45, 7) is 1.01. The van der Waals surface area contributed by atoms with E-state index in [0.717, 1.165) is 23.9 Å². The average molecular weight is 442 g/mol. The molecule has 0 unspecified atom stereocenters. The van der Waals surface area contributed by atoms with Crippen LogP contribution in [0.2, 0.25) is 5.02 Å². The maximum absolute atomic E-state index is 13.0. The maximum Gasteiger partial charge on any atom is 0.407 e. The highest BCUT2D eigenvalue weighted by atomic mass is 35.5. The molecule has 2 aromatic carbocycles. The van der Waals surface area contributed by atoms with E-state index in [2.05, 4.69) is 10.3 Å². The number of amides is 1. The molecule has 2 N–H and O–H groups in total. The lowest BCUT2D eigenvalue weighted by Gasteiger charge is -2.31. The van der Waals surface area contributed by atoms with Crippen molar-refractivity contribution in [1.29, 1.82) is 0 Å². The number of fused-ring (bicyclic) bond motifs is 1. The fourth-order valence-electron chi connectivity index (χ4n) is 3.96. The van der Waals surface area contributed by atoms with Crippen LogP contribution in [0.1, 0.15) is 12.8 Å². The molecule has 1 saturated heterocycles. The van der Waals surface area contributed by atoms with E-state index in [1.807, 2.05) is 49.3 Å². The largest absolute Gasteiger partial charge is 0.465 e. The Balaban J connectivity index is 1.69. The molecule has 1 amide bonds. The van der Waals surface area contributed by atoms with Crippen molar-refractivity contribution in [2.45, 2.75) is 18.9 Å². The van der Waals surface area contributed by atoms with Gasteiger partial charge in [-0.25, -0.2) is 9.59 Å². The number of carboxylic acid groups (broad SMARTS) is 1. The highest BCUT2D eigenvalue weighted by Crippen LogP contribution is 2.27. The van der Waals surface area contributed by atoms with Gasteiger partial charge < -0.3 is 20.2 Å². The van der Waals surface area contributed by atoms with Crippen molar-refractivity contribution in [3.8, 4) is 5.69 Å². The molecule has 2 heterocycles. The van der Waals surface area contributed by atoms with Crippen molar-refractivity contribution in [3.63, 3.8) is 0 Å². The zero-order valence-corrected chi connectivity index (χ0v) is 18.1. The number of hydrogen-bond donors (Lipinski definition) is 2. The molecule has 0 atom stereocenters. The van der Waals surface area contributed by atoms with Crippen molar-refractivity contribution in [3.05, 3.63) is 58.0 Å². The Morgan fingerprint density at radius 3 is 2.61 bits per heavy atom. The number of anilines is 2. The molecule has 1 fully saturated rings. The second-order valence-corrected chi connectivity index (χ2v) is 8.28. The normalized spacial score (nSPS) is 14.6. The summed E-state index contributed by atoms with van der Waals surface area (Å²) in [6.07, 6.45) is 0.585. The molecule has 0 aliphatic carbocycles. The number of aromatic nitrogens is 2. The molecular weight excluding hydrogens is 418 g/mol. The van der Waals surface area contributed by atoms with Crippen LogP contribution < -0.4 is 15.9 Å². The first kappa shape index (κ1) is 21.0. The molecule has 31 heavy (non-hydrogen) atoms. The van der Waals surface area contributed by atoms with Gasteiger partial charge in [-0.1, -0.05) is 17.7 Å². The molecule has 1 aromatic heterocycles. The quantitative estimate of drug-likeness (QED) is 0.642. The van der Waals surface area contributed by atoms with E-state index < -0.39 is 6.09 Å². The lowest BCUT2D eigenvalue weighted by atomic mass is 10.0. The molecule has 8 nitrogen and oxygen atoms in total. The van der Waals surface area contributed by atoms with Crippen LogP contribution in [-0.2, 0) is 0 Å². The third kappa shape index (κ3) is 4.29. The van der Waals surface area contributed by atoms with E-state index in [9.17, 15) is 9.59 Å². The van der Waals surface area contributed by atoms with Crippen LogP contribution in [-0.4, -0.2) is 58.9 Å². The first-order valence-corrected chi connectivity index (χ1v) is 10.5. The number of nitrogens with zero attached hydrogens (tertiary/aromatic N) is 4. The van der Waals surface area contributed by atoms with Gasteiger partial charge in [-0.15, -0.1) is 0 Å². The summed E-state index contributed by atoms with van der Waals surface area (Å²) in [4.78, 5) is 31.6. The van der Waals surface area contributed by atoms with Crippen LogP contribution in [0.4, 0.5) is 16.3 Å². The molecule has 0 spiro atoms. The van der Waals surface area contributed by atoms with Gasteiger partial charge in [0.2, 0.25) is 0 Å². The number of piperidine rings is 1. The minimum Gasteiger partial charge on any atom is -0.465 e. The van der Waals surface area contributed by atoms with Crippen LogP contribution in [0.5, 0.6) is 0 Å². The van der Waals surface area contributed by atoms with E-state index in [4.69, 9.17) is 16.7 Å². The van der Waals surface area contributed by atoms with Gasteiger partial charge in [-0.3, -0.25) is 4.57 Å². The van der Waals surface area contributed by atoms with Crippen LogP contribution in [0.15, 0.2) is 47.3 Å². The highest BCUT2D eigenvalue weighted by molar-refractivity contribution is 6.31. The van der Waals surface area contributed by atoms with Gasteiger partial charge >= 0.3 is 11.8 Å². The van der Waals surface area contributed by atoms with E-state index in [1.54, 1.807) is 16.7 Å². The second-order valence-electron chi connectivity index (χ2n) is 7.85. The smallest absolute Gasteiger partial charge is 0.407 e. The summed E-state index contributed by atoms with van der Waals surface area (Å²) in [6, 6.07) is 13.2. The lowest BCUT2D eigenvalue weighted by Crippen LogP contribution is -2.41. The minimum atomic E-state index is -0.876. The SMILES string of the molecule is CN(C)c1nc(=O)n(-c2cccc(NC3CCN(C(=O)O)CC3)c2)c2cc(Cl)ccc12. The summed E-state index contributed by atoms with van der Waals surface area (Å²) >= 11 is 6.25. The highest BCUT2D eigenvalue weighted by Gasteiger charge is 2.22. The number of likely N-dealkylation sites (tertiary alicyclic amines) is 1. The van der Waals surface area contributed by atoms with Gasteiger partial charge in [0.15, 0.2) is 0 Å². The Morgan fingerprint density at radius 2 is 1.94 bits per heavy atom. The zero-order valence-electron chi connectivity index (χ0n) is 17.4. The minimum absolute atomic E-state index is 0.169. The molecule has 162 valence electrons. The standard InChI is InChI=1S/C22H24ClN5O3/c1-26(2)20-18-7-6-14(23)12-19(18)28(21(29)25-20)17-5-3-4-16(13-17)24-15-8-10-27(11-9-15)22(30)31/h3-7,12-13,15,24H,8-11H2,1-2H3,(H,30,31). The van der Waals surface area contributed by atoms with Crippen LogP contribution >= 0.6 is 11.6 Å². The summed E-state index contributed by atoms with van der Waals surface area (Å²) in [7, 11) is 3.70. The molecule has 1 aliphatic heterocycles. The van der Waals surface area contributed by atoms with Crippen molar-refractivity contribution in [2.24, 2.45) is 0 Å². The van der Waals surface area contributed by atoms with Crippen molar-refractivity contribution in [1.82, 2.24) is 14.5 Å². The summed E-state index contributed by atoms with van der Waals surface area (Å²) < 4.78 is 1.56. The Bertz CT molecular complexity index is 1190. The fraction of sp³-hybridized carbons (Fsp3) is 0.318. The van der Waals surface area contributed by atoms with E-state index >= 15 is 0 Å². The Kier molecular flexibility index (Phi) is 5.73. The fourth-order valence-corrected chi connectivity index (χ4v) is 4.13. The van der Waals surface area contributed by atoms with Gasteiger partial charge in [0.1, 0.15) is 5.82 Å². The van der Waals surface area contributed by atoms with Gasteiger partial charge in [-0.2, -0.15) is 4.98 Å². The molecule has 4 rings (SSSR count). The van der Waals surface area contributed by atoms with Gasteiger partial charge in [0.25, 0.3) is 0 Å². The number of hydrogen-bond acceptors (Lipinski definition) is 5. The molecule has 3 aromatic rings. The Hall–Kier alpha value is -3.26. The zero-order chi connectivity index (χ0) is 22.1. The summed E-state index contributed by atoms with van der Waals surface area (Å²) in [5.41, 5.74) is 1.85. The maximum atomic E-state index is 13.0.